The third kappa shape index (κ3) is 4.03. The average Bonchev–Trinajstić information content (AvgIpc) is 2.80. The van der Waals surface area contributed by atoms with Crippen LogP contribution in [0.5, 0.6) is 0 Å². The number of fused-ring (bicyclic) bond motifs is 1. The molecule has 0 heterocycles. The van der Waals surface area contributed by atoms with Gasteiger partial charge >= 0.3 is 0 Å². The Balaban J connectivity index is 1.57. The number of hydrogen-bond donors (Lipinski definition) is 2. The average molecular weight is 386 g/mol. The van der Waals surface area contributed by atoms with Crippen molar-refractivity contribution in [2.75, 3.05) is 10.6 Å². The summed E-state index contributed by atoms with van der Waals surface area (Å²) in [6.45, 7) is 0. The molecular formula is C28H22N2. The van der Waals surface area contributed by atoms with Crippen LogP contribution in [0.15, 0.2) is 121 Å². The van der Waals surface area contributed by atoms with E-state index in [2.05, 4.69) is 95.6 Å². The van der Waals surface area contributed by atoms with Gasteiger partial charge in [-0.05, 0) is 70.4 Å². The van der Waals surface area contributed by atoms with Crippen LogP contribution in [0, 0.1) is 0 Å². The van der Waals surface area contributed by atoms with Crippen molar-refractivity contribution in [3.63, 3.8) is 0 Å². The minimum atomic E-state index is 1.05. The first-order valence-corrected chi connectivity index (χ1v) is 10.1. The smallest absolute Gasteiger partial charge is 0.0411 e. The summed E-state index contributed by atoms with van der Waals surface area (Å²) >= 11 is 0. The monoisotopic (exact) mass is 386 g/mol. The van der Waals surface area contributed by atoms with Gasteiger partial charge in [-0.3, -0.25) is 0 Å². The predicted molar refractivity (Wildman–Crippen MR) is 129 cm³/mol. The van der Waals surface area contributed by atoms with E-state index < -0.39 is 0 Å². The van der Waals surface area contributed by atoms with Crippen molar-refractivity contribution in [3.05, 3.63) is 121 Å². The van der Waals surface area contributed by atoms with E-state index in [-0.39, 0.29) is 0 Å². The zero-order valence-corrected chi connectivity index (χ0v) is 16.5. The van der Waals surface area contributed by atoms with E-state index in [1.54, 1.807) is 0 Å². The van der Waals surface area contributed by atoms with Gasteiger partial charge in [-0.15, -0.1) is 0 Å². The highest BCUT2D eigenvalue weighted by Gasteiger charge is 2.06. The zero-order valence-electron chi connectivity index (χ0n) is 16.5. The van der Waals surface area contributed by atoms with Crippen LogP contribution >= 0.6 is 0 Å². The van der Waals surface area contributed by atoms with Crippen molar-refractivity contribution >= 4 is 33.5 Å². The Kier molecular flexibility index (Phi) is 4.89. The second-order valence-corrected chi connectivity index (χ2v) is 7.34. The van der Waals surface area contributed by atoms with Crippen molar-refractivity contribution in [3.8, 4) is 11.1 Å². The van der Waals surface area contributed by atoms with Gasteiger partial charge in [0, 0.05) is 22.7 Å². The van der Waals surface area contributed by atoms with Crippen LogP contribution in [-0.2, 0) is 0 Å². The lowest BCUT2D eigenvalue weighted by Crippen LogP contribution is -1.95. The Hall–Kier alpha value is -4.04. The molecule has 5 rings (SSSR count). The van der Waals surface area contributed by atoms with Crippen LogP contribution in [0.25, 0.3) is 21.9 Å². The highest BCUT2D eigenvalue weighted by atomic mass is 14.9. The summed E-state index contributed by atoms with van der Waals surface area (Å²) in [6, 6.07) is 42.2. The van der Waals surface area contributed by atoms with Gasteiger partial charge < -0.3 is 10.6 Å². The van der Waals surface area contributed by atoms with E-state index in [1.807, 2.05) is 36.4 Å². The van der Waals surface area contributed by atoms with Crippen LogP contribution in [0.2, 0.25) is 0 Å². The Morgan fingerprint density at radius 3 is 1.47 bits per heavy atom. The minimum absolute atomic E-state index is 1.05. The fraction of sp³-hybridized carbons (Fsp3) is 0. The molecule has 5 aromatic rings. The van der Waals surface area contributed by atoms with Crippen molar-refractivity contribution < 1.29 is 0 Å². The van der Waals surface area contributed by atoms with Crippen molar-refractivity contribution in [1.29, 1.82) is 0 Å². The summed E-state index contributed by atoms with van der Waals surface area (Å²) in [5.41, 5.74) is 6.59. The molecule has 0 saturated carbocycles. The fourth-order valence-corrected chi connectivity index (χ4v) is 3.68. The summed E-state index contributed by atoms with van der Waals surface area (Å²) < 4.78 is 0. The fourth-order valence-electron chi connectivity index (χ4n) is 3.68. The highest BCUT2D eigenvalue weighted by molar-refractivity contribution is 5.88. The quantitative estimate of drug-likeness (QED) is 0.320. The van der Waals surface area contributed by atoms with Crippen LogP contribution in [-0.4, -0.2) is 0 Å². The Labute approximate surface area is 176 Å². The molecule has 2 heteroatoms. The number of para-hydroxylation sites is 2. The lowest BCUT2D eigenvalue weighted by Gasteiger charge is -2.14. The molecule has 30 heavy (non-hydrogen) atoms. The molecule has 0 fully saturated rings. The van der Waals surface area contributed by atoms with Crippen molar-refractivity contribution in [2.24, 2.45) is 0 Å². The number of anilines is 4. The topological polar surface area (TPSA) is 24.1 Å². The Bertz CT molecular complexity index is 1220. The molecule has 0 amide bonds. The normalized spacial score (nSPS) is 10.7. The maximum Gasteiger partial charge on any atom is 0.0411 e. The first-order chi connectivity index (χ1) is 14.8. The molecule has 0 aliphatic rings. The molecule has 5 aromatic carbocycles. The lowest BCUT2D eigenvalue weighted by atomic mass is 10.00. The SMILES string of the molecule is c1ccc(Nc2cc(Nc3ccccc3)cc(-c3ccc4ccccc4c3)c2)cc1. The molecule has 0 spiro atoms. The van der Waals surface area contributed by atoms with Gasteiger partial charge in [-0.1, -0.05) is 72.8 Å². The maximum atomic E-state index is 3.54. The van der Waals surface area contributed by atoms with Crippen LogP contribution in [0.1, 0.15) is 0 Å². The summed E-state index contributed by atoms with van der Waals surface area (Å²) in [4.78, 5) is 0. The Morgan fingerprint density at radius 2 is 0.867 bits per heavy atom. The summed E-state index contributed by atoms with van der Waals surface area (Å²) in [5, 5.41) is 9.57. The maximum absolute atomic E-state index is 3.54. The molecular weight excluding hydrogens is 364 g/mol. The highest BCUT2D eigenvalue weighted by Crippen LogP contribution is 2.32. The van der Waals surface area contributed by atoms with Gasteiger partial charge in [0.05, 0.1) is 0 Å². The van der Waals surface area contributed by atoms with E-state index in [0.29, 0.717) is 0 Å². The van der Waals surface area contributed by atoms with Gasteiger partial charge in [0.2, 0.25) is 0 Å². The zero-order chi connectivity index (χ0) is 20.2. The van der Waals surface area contributed by atoms with Gasteiger partial charge in [0.1, 0.15) is 0 Å². The van der Waals surface area contributed by atoms with Crippen LogP contribution in [0.4, 0.5) is 22.7 Å². The third-order valence-electron chi connectivity index (χ3n) is 5.14. The van der Waals surface area contributed by atoms with E-state index in [1.165, 1.54) is 21.9 Å². The summed E-state index contributed by atoms with van der Waals surface area (Å²) in [6.07, 6.45) is 0. The second kappa shape index (κ2) is 8.14. The van der Waals surface area contributed by atoms with Crippen LogP contribution in [0.3, 0.4) is 0 Å². The first-order valence-electron chi connectivity index (χ1n) is 10.1. The standard InChI is InChI=1S/C28H22N2/c1-3-11-25(12-4-1)29-27-18-24(19-28(20-27)30-26-13-5-2-6-14-26)23-16-15-21-9-7-8-10-22(21)17-23/h1-20,29-30H. The predicted octanol–water partition coefficient (Wildman–Crippen LogP) is 7.99. The largest absolute Gasteiger partial charge is 0.355 e. The molecule has 0 aromatic heterocycles. The molecule has 0 aliphatic heterocycles. The number of benzene rings is 5. The van der Waals surface area contributed by atoms with E-state index in [4.69, 9.17) is 0 Å². The van der Waals surface area contributed by atoms with Crippen molar-refractivity contribution in [2.45, 2.75) is 0 Å². The number of rotatable bonds is 5. The van der Waals surface area contributed by atoms with Gasteiger partial charge in [0.25, 0.3) is 0 Å². The second-order valence-electron chi connectivity index (χ2n) is 7.34. The molecule has 0 bridgehead atoms. The molecule has 0 unspecified atom stereocenters. The van der Waals surface area contributed by atoms with Gasteiger partial charge in [-0.2, -0.15) is 0 Å². The molecule has 144 valence electrons. The van der Waals surface area contributed by atoms with Gasteiger partial charge in [-0.25, -0.2) is 0 Å². The molecule has 0 atom stereocenters. The number of hydrogen-bond acceptors (Lipinski definition) is 2. The molecule has 2 N–H and O–H groups in total. The van der Waals surface area contributed by atoms with Crippen LogP contribution < -0.4 is 10.6 Å². The number of nitrogens with one attached hydrogen (secondary N) is 2. The van der Waals surface area contributed by atoms with E-state index in [0.717, 1.165) is 22.7 Å². The molecule has 0 radical (unpaired) electrons. The summed E-state index contributed by atoms with van der Waals surface area (Å²) in [7, 11) is 0. The Morgan fingerprint density at radius 1 is 0.333 bits per heavy atom. The molecule has 0 aliphatic carbocycles. The molecule has 2 nitrogen and oxygen atoms in total. The molecule has 0 saturated heterocycles. The first kappa shape index (κ1) is 18.0. The summed E-state index contributed by atoms with van der Waals surface area (Å²) in [5.74, 6) is 0. The van der Waals surface area contributed by atoms with Crippen molar-refractivity contribution in [1.82, 2.24) is 0 Å². The third-order valence-corrected chi connectivity index (χ3v) is 5.14. The lowest BCUT2D eigenvalue weighted by molar-refractivity contribution is 1.51. The van der Waals surface area contributed by atoms with Gasteiger partial charge in [0.15, 0.2) is 0 Å². The van der Waals surface area contributed by atoms with E-state index in [9.17, 15) is 0 Å². The minimum Gasteiger partial charge on any atom is -0.355 e. The van der Waals surface area contributed by atoms with E-state index >= 15 is 0 Å².